The minimum atomic E-state index is -2.59. The molecule has 3 aliphatic rings. The van der Waals surface area contributed by atoms with Gasteiger partial charge in [0.05, 0.1) is 18.4 Å². The summed E-state index contributed by atoms with van der Waals surface area (Å²) in [5.74, 6) is -2.21. The molecule has 0 aromatic carbocycles. The van der Waals surface area contributed by atoms with Crippen molar-refractivity contribution in [2.24, 2.45) is 5.92 Å². The number of anilines is 1. The molecule has 2 aromatic rings. The molecule has 4 heterocycles. The molecule has 2 saturated heterocycles. The molecule has 2 aromatic heterocycles. The Bertz CT molecular complexity index is 959. The Balaban J connectivity index is 1.24. The van der Waals surface area contributed by atoms with Gasteiger partial charge in [-0.3, -0.25) is 25.1 Å². The number of rotatable bonds is 5. The summed E-state index contributed by atoms with van der Waals surface area (Å²) >= 11 is 0. The van der Waals surface area contributed by atoms with Crippen LogP contribution in [0.15, 0.2) is 43.0 Å². The van der Waals surface area contributed by atoms with E-state index in [1.807, 2.05) is 12.3 Å². The number of amides is 1. The van der Waals surface area contributed by atoms with E-state index in [1.165, 1.54) is 0 Å². The number of hydrogen-bond acceptors (Lipinski definition) is 6. The van der Waals surface area contributed by atoms with Gasteiger partial charge in [0.2, 0.25) is 5.91 Å². The number of nitrogens with zero attached hydrogens (tertiary/aromatic N) is 3. The smallest absolute Gasteiger partial charge is 0.261 e. The summed E-state index contributed by atoms with van der Waals surface area (Å²) in [7, 11) is 0. The van der Waals surface area contributed by atoms with Crippen LogP contribution in [0, 0.1) is 5.92 Å². The van der Waals surface area contributed by atoms with Crippen LogP contribution in [0.25, 0.3) is 0 Å². The highest BCUT2D eigenvalue weighted by atomic mass is 19.3. The van der Waals surface area contributed by atoms with Crippen LogP contribution in [0.2, 0.25) is 0 Å². The zero-order valence-corrected chi connectivity index (χ0v) is 17.8. The second kappa shape index (κ2) is 8.80. The first-order valence-electron chi connectivity index (χ1n) is 11.2. The molecule has 1 saturated carbocycles. The van der Waals surface area contributed by atoms with Crippen molar-refractivity contribution in [3.05, 3.63) is 54.1 Å². The summed E-state index contributed by atoms with van der Waals surface area (Å²) < 4.78 is 27.1. The number of aromatic nitrogens is 2. The molecular weight excluding hydrogens is 414 g/mol. The Morgan fingerprint density at radius 1 is 1.22 bits per heavy atom. The van der Waals surface area contributed by atoms with Crippen molar-refractivity contribution in [2.45, 2.75) is 56.2 Å². The minimum absolute atomic E-state index is 0.0690. The fourth-order valence-corrected chi connectivity index (χ4v) is 5.29. The van der Waals surface area contributed by atoms with Crippen LogP contribution in [0.3, 0.4) is 0 Å². The Kier molecular flexibility index (Phi) is 5.88. The van der Waals surface area contributed by atoms with Gasteiger partial charge in [-0.25, -0.2) is 14.2 Å². The van der Waals surface area contributed by atoms with Crippen LogP contribution in [0.5, 0.6) is 0 Å². The Morgan fingerprint density at radius 3 is 2.91 bits per heavy atom. The molecule has 4 atom stereocenters. The summed E-state index contributed by atoms with van der Waals surface area (Å²) in [6.45, 7) is 0.722. The number of carbonyl (C=O) groups is 1. The third kappa shape index (κ3) is 4.65. The molecule has 1 aliphatic carbocycles. The van der Waals surface area contributed by atoms with Crippen molar-refractivity contribution in [3.8, 4) is 0 Å². The van der Waals surface area contributed by atoms with Crippen molar-refractivity contribution in [2.75, 3.05) is 18.4 Å². The number of carbonyl (C=O) groups excluding carboxylic acids is 1. The third-order valence-electron chi connectivity index (χ3n) is 6.91. The normalized spacial score (nSPS) is 29.6. The standard InChI is InChI=1S/C23H28F2N6O/c24-23(25)5-7-31(14-23)13-15-8-17(11-27-10-15)16-3-4-20-19(9-16)21(30-29-20)22(32)28-18-2-1-6-26-12-18/h1-2,6,8,10-12,16,19-21,29-30H,3-5,7,9,13-14H2,(H,28,32). The maximum atomic E-state index is 13.5. The molecule has 32 heavy (non-hydrogen) atoms. The molecular formula is C23H28F2N6O. The van der Waals surface area contributed by atoms with Gasteiger partial charge in [-0.15, -0.1) is 0 Å². The monoisotopic (exact) mass is 442 g/mol. The minimum Gasteiger partial charge on any atom is -0.323 e. The maximum Gasteiger partial charge on any atom is 0.261 e. The fraction of sp³-hybridized carbons (Fsp3) is 0.522. The first-order chi connectivity index (χ1) is 15.5. The number of nitrogens with one attached hydrogen (secondary N) is 3. The van der Waals surface area contributed by atoms with Gasteiger partial charge in [0.1, 0.15) is 6.04 Å². The van der Waals surface area contributed by atoms with Crippen LogP contribution in [-0.2, 0) is 11.3 Å². The van der Waals surface area contributed by atoms with Gasteiger partial charge in [0, 0.05) is 50.1 Å². The number of fused-ring (bicyclic) bond motifs is 1. The van der Waals surface area contributed by atoms with Gasteiger partial charge in [-0.2, -0.15) is 0 Å². The van der Waals surface area contributed by atoms with Gasteiger partial charge < -0.3 is 5.32 Å². The zero-order valence-electron chi connectivity index (χ0n) is 17.8. The van der Waals surface area contributed by atoms with E-state index in [2.05, 4.69) is 32.2 Å². The van der Waals surface area contributed by atoms with Crippen molar-refractivity contribution >= 4 is 11.6 Å². The molecule has 0 bridgehead atoms. The Morgan fingerprint density at radius 2 is 2.12 bits per heavy atom. The van der Waals surface area contributed by atoms with E-state index in [9.17, 15) is 13.6 Å². The van der Waals surface area contributed by atoms with Crippen LogP contribution >= 0.6 is 0 Å². The third-order valence-corrected chi connectivity index (χ3v) is 6.91. The molecule has 170 valence electrons. The molecule has 0 radical (unpaired) electrons. The lowest BCUT2D eigenvalue weighted by molar-refractivity contribution is -0.119. The molecule has 5 rings (SSSR count). The van der Waals surface area contributed by atoms with Gasteiger partial charge in [0.25, 0.3) is 5.92 Å². The predicted octanol–water partition coefficient (Wildman–Crippen LogP) is 2.69. The highest BCUT2D eigenvalue weighted by Crippen LogP contribution is 2.40. The van der Waals surface area contributed by atoms with Gasteiger partial charge in [0.15, 0.2) is 0 Å². The molecule has 3 N–H and O–H groups in total. The number of halogens is 2. The second-order valence-electron chi connectivity index (χ2n) is 9.22. The molecule has 3 fully saturated rings. The summed E-state index contributed by atoms with van der Waals surface area (Å²) in [5.41, 5.74) is 9.26. The first kappa shape index (κ1) is 21.4. The largest absolute Gasteiger partial charge is 0.323 e. The highest BCUT2D eigenvalue weighted by molar-refractivity contribution is 5.95. The number of pyridine rings is 2. The van der Waals surface area contributed by atoms with Crippen LogP contribution in [-0.4, -0.2) is 51.9 Å². The Labute approximate surface area is 186 Å². The van der Waals surface area contributed by atoms with Crippen LogP contribution in [0.1, 0.15) is 42.7 Å². The fourth-order valence-electron chi connectivity index (χ4n) is 5.29. The van der Waals surface area contributed by atoms with E-state index in [-0.39, 0.29) is 36.9 Å². The summed E-state index contributed by atoms with van der Waals surface area (Å²) in [6, 6.07) is 5.64. The van der Waals surface area contributed by atoms with Crippen LogP contribution < -0.4 is 16.2 Å². The lowest BCUT2D eigenvalue weighted by Crippen LogP contribution is -2.42. The van der Waals surface area contributed by atoms with Crippen molar-refractivity contribution < 1.29 is 13.6 Å². The summed E-state index contributed by atoms with van der Waals surface area (Å²) in [5, 5.41) is 2.94. The van der Waals surface area contributed by atoms with Crippen LogP contribution in [0.4, 0.5) is 14.5 Å². The maximum absolute atomic E-state index is 13.5. The lowest BCUT2D eigenvalue weighted by atomic mass is 9.73. The molecule has 2 aliphatic heterocycles. The zero-order chi connectivity index (χ0) is 22.1. The van der Waals surface area contributed by atoms with Crippen molar-refractivity contribution in [1.82, 2.24) is 25.7 Å². The van der Waals surface area contributed by atoms with E-state index in [1.54, 1.807) is 29.6 Å². The van der Waals surface area contributed by atoms with Crippen molar-refractivity contribution in [3.63, 3.8) is 0 Å². The highest BCUT2D eigenvalue weighted by Gasteiger charge is 2.44. The van der Waals surface area contributed by atoms with Crippen molar-refractivity contribution in [1.29, 1.82) is 0 Å². The number of alkyl halides is 2. The summed E-state index contributed by atoms with van der Waals surface area (Å²) in [6.07, 6.45) is 9.71. The van der Waals surface area contributed by atoms with Gasteiger partial charge in [-0.1, -0.05) is 6.07 Å². The molecule has 0 spiro atoms. The van der Waals surface area contributed by atoms with Gasteiger partial charge >= 0.3 is 0 Å². The van der Waals surface area contributed by atoms with E-state index in [0.717, 1.165) is 30.4 Å². The average molecular weight is 443 g/mol. The molecule has 4 unspecified atom stereocenters. The van der Waals surface area contributed by atoms with E-state index in [4.69, 9.17) is 0 Å². The van der Waals surface area contributed by atoms with Gasteiger partial charge in [-0.05, 0) is 48.4 Å². The average Bonchev–Trinajstić information content (AvgIpc) is 3.36. The number of hydrazine groups is 1. The SMILES string of the molecule is O=C(Nc1cccnc1)C1NNC2CCC(c3cncc(CN4CCC(F)(F)C4)c3)CC21. The quantitative estimate of drug-likeness (QED) is 0.661. The van der Waals surface area contributed by atoms with E-state index < -0.39 is 5.92 Å². The Hall–Kier alpha value is -2.49. The van der Waals surface area contributed by atoms with E-state index >= 15 is 0 Å². The molecule has 7 nitrogen and oxygen atoms in total. The molecule has 1 amide bonds. The topological polar surface area (TPSA) is 82.2 Å². The lowest BCUT2D eigenvalue weighted by Gasteiger charge is -2.33. The first-order valence-corrected chi connectivity index (χ1v) is 11.2. The second-order valence-corrected chi connectivity index (χ2v) is 9.22. The number of hydrogen-bond donors (Lipinski definition) is 3. The summed E-state index contributed by atoms with van der Waals surface area (Å²) in [4.78, 5) is 23.1. The van der Waals surface area contributed by atoms with E-state index in [0.29, 0.717) is 24.7 Å². The number of likely N-dealkylation sites (tertiary alicyclic amines) is 1. The predicted molar refractivity (Wildman–Crippen MR) is 116 cm³/mol. The molecule has 9 heteroatoms.